The number of phosphoric ester groups is 1. The minimum absolute atomic E-state index is 0.0368. The third-order valence-corrected chi connectivity index (χ3v) is 2.90. The van der Waals surface area contributed by atoms with Crippen LogP contribution in [0.25, 0.3) is 0 Å². The molecule has 0 amide bonds. The number of rotatable bonds is 5. The van der Waals surface area contributed by atoms with E-state index >= 15 is 0 Å². The number of hydrogen-bond acceptors (Lipinski definition) is 4. The highest BCUT2D eigenvalue weighted by atomic mass is 31.3. The van der Waals surface area contributed by atoms with Gasteiger partial charge in [-0.2, -0.15) is 4.31 Å². The molecule has 0 aromatic carbocycles. The monoisotopic (exact) mass is 230 g/mol. The lowest BCUT2D eigenvalue weighted by atomic mass is 10.5. The minimum atomic E-state index is -5.03. The van der Waals surface area contributed by atoms with E-state index < -0.39 is 15.6 Å². The second-order valence-electron chi connectivity index (χ2n) is 1.83. The first-order valence-electron chi connectivity index (χ1n) is 2.94. The number of hydrogen-bond donors (Lipinski definition) is 3. The molecule has 9 heteroatoms. The van der Waals surface area contributed by atoms with E-state index in [0.29, 0.717) is 0 Å². The maximum atomic E-state index is 10.7. The van der Waals surface area contributed by atoms with Crippen molar-refractivity contribution in [1.29, 1.82) is 0 Å². The Balaban J connectivity index is 4.04. The zero-order chi connectivity index (χ0) is 10.5. The van der Waals surface area contributed by atoms with Gasteiger partial charge in [0, 0.05) is 6.42 Å². The van der Waals surface area contributed by atoms with Crippen LogP contribution in [0, 0.1) is 12.3 Å². The van der Waals surface area contributed by atoms with Crippen LogP contribution in [-0.4, -0.2) is 21.3 Å². The molecule has 0 aromatic rings. The normalized spacial score (nSPS) is 16.2. The lowest BCUT2D eigenvalue weighted by molar-refractivity contribution is 0.181. The molecule has 0 spiro atoms. The van der Waals surface area contributed by atoms with Crippen LogP contribution >= 0.6 is 15.6 Å². The highest BCUT2D eigenvalue weighted by Crippen LogP contribution is 2.57. The van der Waals surface area contributed by atoms with Crippen molar-refractivity contribution in [3.63, 3.8) is 0 Å². The summed E-state index contributed by atoms with van der Waals surface area (Å²) in [6.45, 7) is -0.315. The van der Waals surface area contributed by atoms with Gasteiger partial charge in [-0.05, 0) is 0 Å². The lowest BCUT2D eigenvalue weighted by Crippen LogP contribution is -1.94. The van der Waals surface area contributed by atoms with Gasteiger partial charge in [-0.3, -0.25) is 4.52 Å². The molecule has 0 radical (unpaired) electrons. The molecule has 0 aromatic heterocycles. The fourth-order valence-electron chi connectivity index (χ4n) is 0.378. The molecule has 1 unspecified atom stereocenters. The van der Waals surface area contributed by atoms with Gasteiger partial charge in [0.25, 0.3) is 0 Å². The predicted octanol–water partition coefficient (Wildman–Crippen LogP) is 0.236. The predicted molar refractivity (Wildman–Crippen MR) is 42.4 cm³/mol. The van der Waals surface area contributed by atoms with E-state index in [1.165, 1.54) is 0 Å². The van der Waals surface area contributed by atoms with Crippen molar-refractivity contribution in [3.05, 3.63) is 0 Å². The molecule has 13 heavy (non-hydrogen) atoms. The van der Waals surface area contributed by atoms with E-state index in [9.17, 15) is 9.13 Å². The number of terminal acetylenes is 1. The van der Waals surface area contributed by atoms with Crippen molar-refractivity contribution >= 4 is 15.6 Å². The molecular formula is C4H8O7P2. The summed E-state index contributed by atoms with van der Waals surface area (Å²) in [6.07, 6.45) is 4.83. The van der Waals surface area contributed by atoms with Crippen LogP contribution in [-0.2, 0) is 18.0 Å². The first kappa shape index (κ1) is 12.8. The Bertz CT molecular complexity index is 285. The van der Waals surface area contributed by atoms with Crippen LogP contribution < -0.4 is 0 Å². The molecule has 76 valence electrons. The molecular weight excluding hydrogens is 222 g/mol. The van der Waals surface area contributed by atoms with Gasteiger partial charge >= 0.3 is 15.6 Å². The van der Waals surface area contributed by atoms with E-state index in [0.717, 1.165) is 0 Å². The molecule has 0 saturated carbocycles. The molecule has 0 rings (SSSR count). The Morgan fingerprint density at radius 2 is 1.85 bits per heavy atom. The second-order valence-corrected chi connectivity index (χ2v) is 4.66. The van der Waals surface area contributed by atoms with Crippen LogP contribution in [0.5, 0.6) is 0 Å². The Morgan fingerprint density at radius 1 is 1.31 bits per heavy atom. The molecule has 0 aliphatic heterocycles. The Morgan fingerprint density at radius 3 is 2.23 bits per heavy atom. The van der Waals surface area contributed by atoms with Crippen molar-refractivity contribution in [3.8, 4) is 12.3 Å². The fraction of sp³-hybridized carbons (Fsp3) is 0.500. The summed E-state index contributed by atoms with van der Waals surface area (Å²) in [5.74, 6) is 2.10. The first-order valence-corrected chi connectivity index (χ1v) is 5.97. The van der Waals surface area contributed by atoms with Gasteiger partial charge in [0.05, 0.1) is 6.61 Å². The van der Waals surface area contributed by atoms with Gasteiger partial charge in [-0.1, -0.05) is 0 Å². The summed E-state index contributed by atoms with van der Waals surface area (Å²) in [4.78, 5) is 24.9. The molecule has 0 aliphatic carbocycles. The third-order valence-electron chi connectivity index (χ3n) is 0.710. The third kappa shape index (κ3) is 8.16. The van der Waals surface area contributed by atoms with E-state index in [4.69, 9.17) is 21.1 Å². The maximum Gasteiger partial charge on any atom is 0.481 e. The Labute approximate surface area is 74.5 Å². The summed E-state index contributed by atoms with van der Waals surface area (Å²) in [7, 11) is -9.73. The average Bonchev–Trinajstić information content (AvgIpc) is 1.81. The quantitative estimate of drug-likeness (QED) is 0.352. The van der Waals surface area contributed by atoms with Crippen molar-refractivity contribution in [2.75, 3.05) is 6.61 Å². The highest BCUT2D eigenvalue weighted by molar-refractivity contribution is 7.60. The van der Waals surface area contributed by atoms with Crippen LogP contribution in [0.15, 0.2) is 0 Å². The van der Waals surface area contributed by atoms with Crippen molar-refractivity contribution in [2.24, 2.45) is 0 Å². The summed E-state index contributed by atoms with van der Waals surface area (Å²) < 4.78 is 28.3. The Hall–Kier alpha value is -0.180. The van der Waals surface area contributed by atoms with Crippen LogP contribution in [0.1, 0.15) is 6.42 Å². The van der Waals surface area contributed by atoms with Gasteiger partial charge in [0.2, 0.25) is 0 Å². The minimum Gasteiger partial charge on any atom is -0.302 e. The summed E-state index contributed by atoms with van der Waals surface area (Å²) in [6, 6.07) is 0. The molecule has 0 heterocycles. The second kappa shape index (κ2) is 4.89. The molecule has 0 saturated heterocycles. The Kier molecular flexibility index (Phi) is 4.82. The van der Waals surface area contributed by atoms with Gasteiger partial charge in [-0.15, -0.1) is 12.3 Å². The summed E-state index contributed by atoms with van der Waals surface area (Å²) in [5.41, 5.74) is 0. The van der Waals surface area contributed by atoms with E-state index in [2.05, 4.69) is 14.8 Å². The van der Waals surface area contributed by atoms with Gasteiger partial charge in [0.1, 0.15) is 0 Å². The van der Waals surface area contributed by atoms with Gasteiger partial charge in [-0.25, -0.2) is 9.13 Å². The fourth-order valence-corrected chi connectivity index (χ4v) is 1.96. The lowest BCUT2D eigenvalue weighted by Gasteiger charge is -2.10. The average molecular weight is 230 g/mol. The largest absolute Gasteiger partial charge is 0.481 e. The van der Waals surface area contributed by atoms with E-state index in [1.807, 2.05) is 0 Å². The van der Waals surface area contributed by atoms with Crippen molar-refractivity contribution in [1.82, 2.24) is 0 Å². The molecule has 0 bridgehead atoms. The molecule has 0 aliphatic rings. The van der Waals surface area contributed by atoms with Gasteiger partial charge < -0.3 is 14.7 Å². The SMILES string of the molecule is C#CCCOP(=O)(O)OP(=O)(O)O. The molecule has 1 atom stereocenters. The van der Waals surface area contributed by atoms with Gasteiger partial charge in [0.15, 0.2) is 0 Å². The smallest absolute Gasteiger partial charge is 0.302 e. The van der Waals surface area contributed by atoms with E-state index in [1.54, 1.807) is 0 Å². The van der Waals surface area contributed by atoms with Crippen LogP contribution in [0.2, 0.25) is 0 Å². The molecule has 3 N–H and O–H groups in total. The molecule has 0 fully saturated rings. The zero-order valence-electron chi connectivity index (χ0n) is 6.36. The number of phosphoric acid groups is 2. The standard InChI is InChI=1S/C4H8O7P2/c1-2-3-4-10-13(8,9)11-12(5,6)7/h1H,3-4H2,(H,8,9)(H2,5,6,7). The van der Waals surface area contributed by atoms with Crippen molar-refractivity contribution < 1.29 is 32.6 Å². The van der Waals surface area contributed by atoms with Crippen molar-refractivity contribution in [2.45, 2.75) is 6.42 Å². The van der Waals surface area contributed by atoms with Crippen LogP contribution in [0.4, 0.5) is 0 Å². The summed E-state index contributed by atoms with van der Waals surface area (Å²) in [5, 5.41) is 0. The van der Waals surface area contributed by atoms with E-state index in [-0.39, 0.29) is 13.0 Å². The molecule has 7 nitrogen and oxygen atoms in total. The summed E-state index contributed by atoms with van der Waals surface area (Å²) >= 11 is 0. The maximum absolute atomic E-state index is 10.7. The van der Waals surface area contributed by atoms with Crippen LogP contribution in [0.3, 0.4) is 0 Å². The first-order chi connectivity index (χ1) is 5.77. The topological polar surface area (TPSA) is 113 Å². The zero-order valence-corrected chi connectivity index (χ0v) is 8.15. The highest BCUT2D eigenvalue weighted by Gasteiger charge is 2.31.